The lowest BCUT2D eigenvalue weighted by atomic mass is 10.0. The van der Waals surface area contributed by atoms with Crippen LogP contribution in [0.5, 0.6) is 5.75 Å². The molecule has 2 heterocycles. The molecule has 0 saturated carbocycles. The zero-order valence-electron chi connectivity index (χ0n) is 21.0. The molecule has 4 aromatic rings. The largest absolute Gasteiger partial charge is 0.412 e. The van der Waals surface area contributed by atoms with E-state index in [4.69, 9.17) is 4.74 Å². The number of benzene rings is 2. The fourth-order valence-electron chi connectivity index (χ4n) is 3.98. The number of carbonyl (C=O) groups excluding carboxylic acids is 1. The Labute approximate surface area is 205 Å². The number of nitrogens with one attached hydrogen (secondary N) is 1. The predicted octanol–water partition coefficient (Wildman–Crippen LogP) is 4.52. The molecule has 0 radical (unpaired) electrons. The summed E-state index contributed by atoms with van der Waals surface area (Å²) in [7, 11) is 1.89. The zero-order valence-corrected chi connectivity index (χ0v) is 21.0. The number of tetrazole rings is 1. The van der Waals surface area contributed by atoms with Crippen LogP contribution in [0, 0.1) is 13.8 Å². The van der Waals surface area contributed by atoms with Crippen LogP contribution in [0.25, 0.3) is 16.8 Å². The molecule has 0 bridgehead atoms. The molecular weight excluding hydrogens is 442 g/mol. The van der Waals surface area contributed by atoms with E-state index in [0.717, 1.165) is 33.9 Å². The van der Waals surface area contributed by atoms with Gasteiger partial charge in [-0.3, -0.25) is 4.68 Å². The summed E-state index contributed by atoms with van der Waals surface area (Å²) < 4.78 is 9.19. The van der Waals surface area contributed by atoms with E-state index in [1.165, 1.54) is 5.56 Å². The highest BCUT2D eigenvalue weighted by molar-refractivity contribution is 5.74. The van der Waals surface area contributed by atoms with Gasteiger partial charge < -0.3 is 10.1 Å². The Balaban J connectivity index is 1.60. The van der Waals surface area contributed by atoms with Crippen LogP contribution >= 0.6 is 0 Å². The van der Waals surface area contributed by atoms with Crippen LogP contribution in [0.15, 0.2) is 48.7 Å². The van der Waals surface area contributed by atoms with Gasteiger partial charge in [-0.1, -0.05) is 43.7 Å². The quantitative estimate of drug-likeness (QED) is 0.424. The topological polar surface area (TPSA) is 99.8 Å². The molecule has 1 N–H and O–H groups in total. The molecule has 9 nitrogen and oxygen atoms in total. The maximum atomic E-state index is 12.8. The highest BCUT2D eigenvalue weighted by Gasteiger charge is 2.17. The van der Waals surface area contributed by atoms with Crippen LogP contribution < -0.4 is 10.1 Å². The molecule has 1 atom stereocenters. The van der Waals surface area contributed by atoms with Gasteiger partial charge in [0.25, 0.3) is 0 Å². The molecule has 4 rings (SSSR count). The molecule has 0 aliphatic carbocycles. The summed E-state index contributed by atoms with van der Waals surface area (Å²) in [6, 6.07) is 13.7. The Morgan fingerprint density at radius 3 is 2.46 bits per heavy atom. The van der Waals surface area contributed by atoms with Crippen molar-refractivity contribution < 1.29 is 9.53 Å². The number of aryl methyl sites for hydroxylation is 3. The highest BCUT2D eigenvalue weighted by Crippen LogP contribution is 2.29. The third-order valence-electron chi connectivity index (χ3n) is 5.75. The Morgan fingerprint density at radius 1 is 1.06 bits per heavy atom. The minimum atomic E-state index is -0.521. The number of carbonyl (C=O) groups is 1. The van der Waals surface area contributed by atoms with Gasteiger partial charge >= 0.3 is 6.09 Å². The Hall–Kier alpha value is -4.01. The van der Waals surface area contributed by atoms with Crippen molar-refractivity contribution >= 4 is 6.09 Å². The van der Waals surface area contributed by atoms with Gasteiger partial charge in [0, 0.05) is 31.3 Å². The van der Waals surface area contributed by atoms with Crippen LogP contribution in [0.3, 0.4) is 0 Å². The maximum absolute atomic E-state index is 12.8. The number of aromatic nitrogens is 6. The van der Waals surface area contributed by atoms with Gasteiger partial charge in [-0.25, -0.2) is 4.79 Å². The van der Waals surface area contributed by atoms with E-state index < -0.39 is 6.09 Å². The van der Waals surface area contributed by atoms with Crippen LogP contribution in [-0.4, -0.2) is 42.1 Å². The molecule has 9 heteroatoms. The van der Waals surface area contributed by atoms with Crippen molar-refractivity contribution in [3.8, 4) is 22.6 Å². The smallest absolute Gasteiger partial charge is 0.410 e. The van der Waals surface area contributed by atoms with Gasteiger partial charge in [0.2, 0.25) is 0 Å². The molecule has 35 heavy (non-hydrogen) atoms. The van der Waals surface area contributed by atoms with Gasteiger partial charge in [0.05, 0.1) is 11.4 Å². The highest BCUT2D eigenvalue weighted by atomic mass is 16.6. The van der Waals surface area contributed by atoms with Crippen LogP contribution in [0.1, 0.15) is 49.3 Å². The third kappa shape index (κ3) is 5.74. The number of ether oxygens (including phenoxy) is 1. The summed E-state index contributed by atoms with van der Waals surface area (Å²) in [6.45, 7) is 10.0. The summed E-state index contributed by atoms with van der Waals surface area (Å²) in [5, 5.41) is 19.5. The van der Waals surface area contributed by atoms with Gasteiger partial charge in [-0.2, -0.15) is 9.78 Å². The lowest BCUT2D eigenvalue weighted by molar-refractivity contribution is 0.197. The first-order valence-electron chi connectivity index (χ1n) is 11.7. The van der Waals surface area contributed by atoms with Gasteiger partial charge in [0.15, 0.2) is 5.82 Å². The lowest BCUT2D eigenvalue weighted by Crippen LogP contribution is -2.36. The van der Waals surface area contributed by atoms with Gasteiger partial charge in [-0.15, -0.1) is 5.10 Å². The molecule has 0 aliphatic rings. The van der Waals surface area contributed by atoms with E-state index >= 15 is 0 Å². The van der Waals surface area contributed by atoms with Crippen molar-refractivity contribution in [1.29, 1.82) is 0 Å². The van der Waals surface area contributed by atoms with E-state index in [2.05, 4.69) is 25.9 Å². The molecular formula is C26H31N7O2. The fraction of sp³-hybridized carbons (Fsp3) is 0.346. The first kappa shape index (κ1) is 24.1. The molecule has 1 unspecified atom stereocenters. The molecule has 0 fully saturated rings. The second-order valence-electron chi connectivity index (χ2n) is 9.24. The molecule has 2 aromatic heterocycles. The van der Waals surface area contributed by atoms with Crippen molar-refractivity contribution in [2.24, 2.45) is 7.05 Å². The summed E-state index contributed by atoms with van der Waals surface area (Å²) in [5.74, 6) is 1.25. The third-order valence-corrected chi connectivity index (χ3v) is 5.75. The van der Waals surface area contributed by atoms with Crippen LogP contribution in [0.2, 0.25) is 0 Å². The van der Waals surface area contributed by atoms with E-state index in [9.17, 15) is 4.79 Å². The minimum Gasteiger partial charge on any atom is -0.410 e. The zero-order chi connectivity index (χ0) is 25.1. The Kier molecular flexibility index (Phi) is 6.95. The van der Waals surface area contributed by atoms with Crippen molar-refractivity contribution in [2.45, 2.75) is 53.0 Å². The summed E-state index contributed by atoms with van der Waals surface area (Å²) >= 11 is 0. The average molecular weight is 474 g/mol. The number of amides is 1. The minimum absolute atomic E-state index is 0.123. The van der Waals surface area contributed by atoms with E-state index in [-0.39, 0.29) is 12.0 Å². The molecule has 182 valence electrons. The Bertz CT molecular complexity index is 1320. The second-order valence-corrected chi connectivity index (χ2v) is 9.24. The summed E-state index contributed by atoms with van der Waals surface area (Å²) in [5.41, 5.74) is 5.83. The molecule has 0 aliphatic heterocycles. The fourth-order valence-corrected chi connectivity index (χ4v) is 3.98. The van der Waals surface area contributed by atoms with Crippen LogP contribution in [0.4, 0.5) is 4.79 Å². The monoisotopic (exact) mass is 473 g/mol. The number of hydrogen-bond donors (Lipinski definition) is 1. The van der Waals surface area contributed by atoms with Gasteiger partial charge in [0.1, 0.15) is 5.75 Å². The van der Waals surface area contributed by atoms with E-state index in [1.807, 2.05) is 84.3 Å². The normalized spacial score (nSPS) is 12.1. The molecule has 1 amide bonds. The standard InChI is InChI=1S/C26H31N7O2/c1-16(2)25-28-30-31-33(25)23-12-21(20-9-7-17(3)8-10-20)13-24(14-23)35-26(34)27-18(4)11-22-15-32(6)29-19(22)5/h7-10,12-16,18H,11H2,1-6H3,(H,27,34). The lowest BCUT2D eigenvalue weighted by Gasteiger charge is -2.15. The van der Waals surface area contributed by atoms with Crippen LogP contribution in [-0.2, 0) is 13.5 Å². The summed E-state index contributed by atoms with van der Waals surface area (Å²) in [6.07, 6.45) is 2.10. The number of nitrogens with zero attached hydrogens (tertiary/aromatic N) is 6. The average Bonchev–Trinajstić information content (AvgIpc) is 3.40. The Morgan fingerprint density at radius 2 is 1.80 bits per heavy atom. The first-order chi connectivity index (χ1) is 16.7. The first-order valence-corrected chi connectivity index (χ1v) is 11.7. The SMILES string of the molecule is Cc1ccc(-c2cc(OC(=O)NC(C)Cc3cn(C)nc3C)cc(-n3nnnc3C(C)C)c2)cc1. The second kappa shape index (κ2) is 10.1. The maximum Gasteiger partial charge on any atom is 0.412 e. The predicted molar refractivity (Wildman–Crippen MR) is 134 cm³/mol. The van der Waals surface area contributed by atoms with Crippen molar-refractivity contribution in [3.05, 3.63) is 71.3 Å². The number of hydrogen-bond acceptors (Lipinski definition) is 6. The van der Waals surface area contributed by atoms with Crippen molar-refractivity contribution in [2.75, 3.05) is 0 Å². The van der Waals surface area contributed by atoms with Crippen molar-refractivity contribution in [1.82, 2.24) is 35.3 Å². The molecule has 2 aromatic carbocycles. The molecule has 0 spiro atoms. The van der Waals surface area contributed by atoms with E-state index in [0.29, 0.717) is 12.2 Å². The molecule has 0 saturated heterocycles. The summed E-state index contributed by atoms with van der Waals surface area (Å²) in [4.78, 5) is 12.8. The van der Waals surface area contributed by atoms with Crippen molar-refractivity contribution in [3.63, 3.8) is 0 Å². The van der Waals surface area contributed by atoms with Gasteiger partial charge in [-0.05, 0) is 66.4 Å². The number of rotatable bonds is 7. The van der Waals surface area contributed by atoms with E-state index in [1.54, 1.807) is 15.4 Å².